The summed E-state index contributed by atoms with van der Waals surface area (Å²) in [7, 11) is 1.58. The lowest BCUT2D eigenvalue weighted by Crippen LogP contribution is -2.62. The van der Waals surface area contributed by atoms with Crippen LogP contribution in [0.5, 0.6) is 0 Å². The summed E-state index contributed by atoms with van der Waals surface area (Å²) < 4.78 is 89.2. The molecule has 2 N–H and O–H groups in total. The highest BCUT2D eigenvalue weighted by Gasteiger charge is 2.50. The van der Waals surface area contributed by atoms with Crippen molar-refractivity contribution in [3.63, 3.8) is 0 Å². The summed E-state index contributed by atoms with van der Waals surface area (Å²) in [6, 6.07) is 9.04. The Kier molecular flexibility index (Phi) is 7.77. The third-order valence-corrected chi connectivity index (χ3v) is 8.38. The van der Waals surface area contributed by atoms with Gasteiger partial charge in [0.25, 0.3) is 0 Å². The van der Waals surface area contributed by atoms with Crippen LogP contribution in [-0.2, 0) is 17.1 Å². The Morgan fingerprint density at radius 1 is 1.10 bits per heavy atom. The molecule has 6 unspecified atom stereocenters. The largest absolute Gasteiger partial charge is 0.416 e. The third-order valence-electron chi connectivity index (χ3n) is 8.18. The number of hydrogen-bond acceptors (Lipinski definition) is 4. The molecule has 1 aromatic heterocycles. The average molecular weight is 595 g/mol. The minimum atomic E-state index is -5.04. The van der Waals surface area contributed by atoms with E-state index in [2.05, 4.69) is 16.5 Å². The minimum Gasteiger partial charge on any atom is -0.376 e. The van der Waals surface area contributed by atoms with Crippen LogP contribution in [0.4, 0.5) is 32.0 Å². The molecule has 41 heavy (non-hydrogen) atoms. The Morgan fingerprint density at radius 3 is 2.32 bits per heavy atom. The number of anilines is 1. The number of fused-ring (bicyclic) bond motifs is 4. The molecule has 0 amide bonds. The number of ether oxygens (including phenoxy) is 1. The van der Waals surface area contributed by atoms with E-state index in [4.69, 9.17) is 22.7 Å². The molecule has 2 bridgehead atoms. The second kappa shape index (κ2) is 10.9. The molecule has 12 heteroatoms. The van der Waals surface area contributed by atoms with Gasteiger partial charge < -0.3 is 15.4 Å². The highest BCUT2D eigenvalue weighted by molar-refractivity contribution is 7.80. The van der Waals surface area contributed by atoms with Crippen molar-refractivity contribution in [2.75, 3.05) is 18.6 Å². The maximum Gasteiger partial charge on any atom is 0.416 e. The molecule has 3 aliphatic heterocycles. The molecule has 3 aromatic rings. The molecule has 2 aromatic carbocycles. The van der Waals surface area contributed by atoms with Crippen LogP contribution in [0.25, 0.3) is 10.9 Å². The molecule has 0 aliphatic carbocycles. The summed E-state index contributed by atoms with van der Waals surface area (Å²) in [5.74, 6) is 0.277. The van der Waals surface area contributed by atoms with Crippen LogP contribution in [-0.4, -0.2) is 40.9 Å². The molecule has 0 saturated carbocycles. The van der Waals surface area contributed by atoms with Crippen LogP contribution >= 0.6 is 12.2 Å². The van der Waals surface area contributed by atoms with E-state index in [-0.39, 0.29) is 29.2 Å². The molecule has 3 fully saturated rings. The van der Waals surface area contributed by atoms with Gasteiger partial charge in [-0.1, -0.05) is 24.3 Å². The van der Waals surface area contributed by atoms with Crippen molar-refractivity contribution < 1.29 is 31.1 Å². The van der Waals surface area contributed by atoms with Gasteiger partial charge in [0.15, 0.2) is 5.11 Å². The molecule has 0 spiro atoms. The predicted molar refractivity (Wildman–Crippen MR) is 148 cm³/mol. The fraction of sp³-hybridized carbons (Fsp3) is 0.379. The van der Waals surface area contributed by atoms with Crippen molar-refractivity contribution in [3.05, 3.63) is 84.1 Å². The number of methoxy groups -OCH3 is 1. The molecule has 3 saturated heterocycles. The van der Waals surface area contributed by atoms with Gasteiger partial charge in [0, 0.05) is 37.0 Å². The summed E-state index contributed by atoms with van der Waals surface area (Å²) >= 11 is 5.39. The van der Waals surface area contributed by atoms with Gasteiger partial charge in [-0.3, -0.25) is 9.88 Å². The number of pyridine rings is 1. The van der Waals surface area contributed by atoms with E-state index in [1.165, 1.54) is 4.90 Å². The van der Waals surface area contributed by atoms with Gasteiger partial charge in [0.1, 0.15) is 6.23 Å². The zero-order chi connectivity index (χ0) is 29.7. The van der Waals surface area contributed by atoms with E-state index in [0.29, 0.717) is 48.0 Å². The summed E-state index contributed by atoms with van der Waals surface area (Å²) in [5.41, 5.74) is 4.14. The Labute approximate surface area is 238 Å². The fourth-order valence-electron chi connectivity index (χ4n) is 6.35. The van der Waals surface area contributed by atoms with Crippen LogP contribution in [0.15, 0.2) is 67.4 Å². The fourth-order valence-corrected chi connectivity index (χ4v) is 6.57. The second-order valence-electron chi connectivity index (χ2n) is 10.4. The van der Waals surface area contributed by atoms with Crippen molar-refractivity contribution in [2.24, 2.45) is 17.6 Å². The van der Waals surface area contributed by atoms with Crippen LogP contribution < -0.4 is 10.6 Å². The molecular weight excluding hydrogens is 566 g/mol. The van der Waals surface area contributed by atoms with E-state index in [1.807, 2.05) is 12.1 Å². The standard InChI is InChI=1S/C29H28F6N4OS/c1-3-16-15-38-24(10-17(16)11-25(38)40-2)26(22-8-9-37-23-7-5-4-6-21(22)23)39(27(36)41)20-13-18(28(30,31)32)12-19(14-20)29(33,34)35/h3-9,12-14,16-17,24-26H,1,10-11,15H2,2H3,(H2,36,41). The molecule has 218 valence electrons. The van der Waals surface area contributed by atoms with Crippen molar-refractivity contribution in [2.45, 2.75) is 43.5 Å². The van der Waals surface area contributed by atoms with Crippen LogP contribution in [0.1, 0.15) is 35.6 Å². The Hall–Kier alpha value is -3.22. The van der Waals surface area contributed by atoms with Gasteiger partial charge in [-0.25, -0.2) is 0 Å². The zero-order valence-corrected chi connectivity index (χ0v) is 22.8. The van der Waals surface area contributed by atoms with E-state index >= 15 is 0 Å². The first-order chi connectivity index (χ1) is 19.3. The smallest absolute Gasteiger partial charge is 0.376 e. The number of para-hydroxylation sites is 1. The molecule has 6 atom stereocenters. The Morgan fingerprint density at radius 2 is 1.76 bits per heavy atom. The van der Waals surface area contributed by atoms with Crippen molar-refractivity contribution in [3.8, 4) is 0 Å². The molecule has 4 heterocycles. The van der Waals surface area contributed by atoms with Crippen LogP contribution in [0.3, 0.4) is 0 Å². The van der Waals surface area contributed by atoms with E-state index < -0.39 is 41.3 Å². The summed E-state index contributed by atoms with van der Waals surface area (Å²) in [6.07, 6.45) is -5.67. The van der Waals surface area contributed by atoms with Gasteiger partial charge in [-0.2, -0.15) is 26.3 Å². The molecule has 0 radical (unpaired) electrons. The number of hydrogen-bond donors (Lipinski definition) is 1. The van der Waals surface area contributed by atoms with E-state index in [0.717, 1.165) is 0 Å². The predicted octanol–water partition coefficient (Wildman–Crippen LogP) is 6.93. The third kappa shape index (κ3) is 5.52. The number of piperidine rings is 3. The van der Waals surface area contributed by atoms with Crippen molar-refractivity contribution in [1.82, 2.24) is 9.88 Å². The average Bonchev–Trinajstić information content (AvgIpc) is 2.94. The lowest BCUT2D eigenvalue weighted by Gasteiger charge is -2.56. The topological polar surface area (TPSA) is 54.6 Å². The number of thiocarbonyl (C=S) groups is 1. The maximum absolute atomic E-state index is 13.9. The molecular formula is C29H28F6N4OS. The summed E-state index contributed by atoms with van der Waals surface area (Å²) in [4.78, 5) is 7.73. The monoisotopic (exact) mass is 594 g/mol. The lowest BCUT2D eigenvalue weighted by atomic mass is 9.72. The zero-order valence-electron chi connectivity index (χ0n) is 22.0. The molecule has 6 rings (SSSR count). The van der Waals surface area contributed by atoms with E-state index in [1.54, 1.807) is 37.6 Å². The highest BCUT2D eigenvalue weighted by Crippen LogP contribution is 2.48. The Balaban J connectivity index is 1.77. The second-order valence-corrected chi connectivity index (χ2v) is 10.8. The normalized spacial score (nSPS) is 25.2. The number of benzene rings is 2. The van der Waals surface area contributed by atoms with Crippen LogP contribution in [0, 0.1) is 11.8 Å². The highest BCUT2D eigenvalue weighted by atomic mass is 32.1. The number of nitrogens with zero attached hydrogens (tertiary/aromatic N) is 3. The van der Waals surface area contributed by atoms with E-state index in [9.17, 15) is 26.3 Å². The lowest BCUT2D eigenvalue weighted by molar-refractivity contribution is -0.147. The first-order valence-corrected chi connectivity index (χ1v) is 13.4. The van der Waals surface area contributed by atoms with Gasteiger partial charge in [0.05, 0.1) is 22.7 Å². The van der Waals surface area contributed by atoms with Crippen molar-refractivity contribution >= 4 is 33.9 Å². The number of halogens is 6. The number of aromatic nitrogens is 1. The van der Waals surface area contributed by atoms with Gasteiger partial charge in [-0.05, 0) is 72.8 Å². The quantitative estimate of drug-likeness (QED) is 0.190. The SMILES string of the molecule is C=CC1CN2C(OC)CC1CC2C(c1ccnc2ccccc12)N(C(N)=S)c1cc(C(F)(F)F)cc(C(F)(F)F)c1. The first-order valence-electron chi connectivity index (χ1n) is 13.0. The van der Waals surface area contributed by atoms with Gasteiger partial charge >= 0.3 is 12.4 Å². The molecule has 5 nitrogen and oxygen atoms in total. The first kappa shape index (κ1) is 29.3. The van der Waals surface area contributed by atoms with Crippen LogP contribution in [0.2, 0.25) is 0 Å². The number of nitrogens with two attached hydrogens (primary N) is 1. The van der Waals surface area contributed by atoms with Crippen molar-refractivity contribution in [1.29, 1.82) is 0 Å². The van der Waals surface area contributed by atoms with Gasteiger partial charge in [0.2, 0.25) is 0 Å². The number of alkyl halides is 6. The maximum atomic E-state index is 13.9. The van der Waals surface area contributed by atoms with Gasteiger partial charge in [-0.15, -0.1) is 6.58 Å². The Bertz CT molecular complexity index is 1420. The summed E-state index contributed by atoms with van der Waals surface area (Å²) in [5, 5.41) is 0.321. The minimum absolute atomic E-state index is 0.0970. The summed E-state index contributed by atoms with van der Waals surface area (Å²) in [6.45, 7) is 4.51. The number of rotatable bonds is 6. The molecule has 3 aliphatic rings.